The number of nitrogens with zero attached hydrogens (tertiary/aromatic N) is 1. The maximum Gasteiger partial charge on any atom is 0.227 e. The van der Waals surface area contributed by atoms with Crippen molar-refractivity contribution >= 4 is 40.0 Å². The summed E-state index contributed by atoms with van der Waals surface area (Å²) in [5, 5.41) is 5.95. The quantitative estimate of drug-likeness (QED) is 0.653. The van der Waals surface area contributed by atoms with Crippen molar-refractivity contribution in [2.24, 2.45) is 0 Å². The molecule has 0 saturated heterocycles. The van der Waals surface area contributed by atoms with Crippen molar-refractivity contribution in [1.29, 1.82) is 0 Å². The molecule has 2 N–H and O–H groups in total. The van der Waals surface area contributed by atoms with Gasteiger partial charge in [-0.25, -0.2) is 4.98 Å². The number of amides is 1. The van der Waals surface area contributed by atoms with Crippen LogP contribution in [0.15, 0.2) is 40.8 Å². The fourth-order valence-electron chi connectivity index (χ4n) is 2.81. The molecule has 0 saturated carbocycles. The summed E-state index contributed by atoms with van der Waals surface area (Å²) in [5.41, 5.74) is 5.46. The Hall–Kier alpha value is -2.73. The normalized spacial score (nSPS) is 10.7. The lowest BCUT2D eigenvalue weighted by Gasteiger charge is -2.08. The monoisotopic (exact) mass is 367 g/mol. The number of thiocarbonyl (C=S) groups is 1. The molecule has 26 heavy (non-hydrogen) atoms. The van der Waals surface area contributed by atoms with Crippen LogP contribution in [0.25, 0.3) is 22.6 Å². The number of anilines is 1. The SMILES string of the molecule is CCCC(=O)NC(=S)Nc1ccc2oc(-c3cc(C)cc(C)c3)nc2c1. The summed E-state index contributed by atoms with van der Waals surface area (Å²) < 4.78 is 5.88. The molecule has 1 heterocycles. The molecular formula is C20H21N3O2S. The Bertz CT molecular complexity index is 958. The van der Waals surface area contributed by atoms with Crippen LogP contribution in [0.5, 0.6) is 0 Å². The van der Waals surface area contributed by atoms with E-state index < -0.39 is 0 Å². The molecule has 5 nitrogen and oxygen atoms in total. The summed E-state index contributed by atoms with van der Waals surface area (Å²) in [6.45, 7) is 6.05. The number of rotatable bonds is 4. The Balaban J connectivity index is 1.81. The van der Waals surface area contributed by atoms with Gasteiger partial charge in [-0.1, -0.05) is 24.1 Å². The van der Waals surface area contributed by atoms with E-state index in [-0.39, 0.29) is 11.0 Å². The second kappa shape index (κ2) is 7.66. The van der Waals surface area contributed by atoms with Gasteiger partial charge >= 0.3 is 0 Å². The Labute approximate surface area is 157 Å². The summed E-state index contributed by atoms with van der Waals surface area (Å²) in [7, 11) is 0. The molecule has 0 aliphatic rings. The third-order valence-corrected chi connectivity index (χ3v) is 4.05. The maximum atomic E-state index is 11.6. The van der Waals surface area contributed by atoms with Crippen LogP contribution < -0.4 is 10.6 Å². The van der Waals surface area contributed by atoms with E-state index in [1.165, 1.54) is 0 Å². The molecule has 134 valence electrons. The number of nitrogens with one attached hydrogen (secondary N) is 2. The predicted molar refractivity (Wildman–Crippen MR) is 108 cm³/mol. The maximum absolute atomic E-state index is 11.6. The van der Waals surface area contributed by atoms with Crippen LogP contribution in [0, 0.1) is 13.8 Å². The van der Waals surface area contributed by atoms with E-state index in [0.29, 0.717) is 17.9 Å². The number of carbonyl (C=O) groups is 1. The standard InChI is InChI=1S/C20H21N3O2S/c1-4-5-18(24)23-20(26)21-15-6-7-17-16(11-15)22-19(25-17)14-9-12(2)8-13(3)10-14/h6-11H,4-5H2,1-3H3,(H2,21,23,24,26). The fraction of sp³-hybridized carbons (Fsp3) is 0.250. The van der Waals surface area contributed by atoms with Gasteiger partial charge in [0.15, 0.2) is 10.7 Å². The van der Waals surface area contributed by atoms with Crippen molar-refractivity contribution < 1.29 is 9.21 Å². The second-order valence-electron chi connectivity index (χ2n) is 6.33. The van der Waals surface area contributed by atoms with E-state index >= 15 is 0 Å². The molecule has 0 unspecified atom stereocenters. The number of hydrogen-bond donors (Lipinski definition) is 2. The molecule has 1 aromatic heterocycles. The molecule has 1 amide bonds. The third-order valence-electron chi connectivity index (χ3n) is 3.84. The zero-order valence-electron chi connectivity index (χ0n) is 15.1. The minimum absolute atomic E-state index is 0.0929. The van der Waals surface area contributed by atoms with Gasteiger partial charge in [0.1, 0.15) is 5.52 Å². The van der Waals surface area contributed by atoms with Gasteiger partial charge in [0.25, 0.3) is 0 Å². The molecule has 0 spiro atoms. The van der Waals surface area contributed by atoms with E-state index in [4.69, 9.17) is 16.6 Å². The molecule has 0 aliphatic heterocycles. The molecule has 0 bridgehead atoms. The zero-order valence-corrected chi connectivity index (χ0v) is 15.9. The molecule has 0 aliphatic carbocycles. The number of aromatic nitrogens is 1. The summed E-state index contributed by atoms with van der Waals surface area (Å²) in [6.07, 6.45) is 1.23. The van der Waals surface area contributed by atoms with Crippen molar-refractivity contribution in [2.45, 2.75) is 33.6 Å². The third kappa shape index (κ3) is 4.26. The first-order chi connectivity index (χ1) is 12.4. The van der Waals surface area contributed by atoms with Gasteiger partial charge in [-0.15, -0.1) is 0 Å². The molecule has 0 radical (unpaired) electrons. The highest BCUT2D eigenvalue weighted by Gasteiger charge is 2.11. The Morgan fingerprint density at radius 3 is 2.58 bits per heavy atom. The van der Waals surface area contributed by atoms with Crippen molar-refractivity contribution in [1.82, 2.24) is 10.3 Å². The Morgan fingerprint density at radius 2 is 1.88 bits per heavy atom. The summed E-state index contributed by atoms with van der Waals surface area (Å²) in [5.74, 6) is 0.493. The van der Waals surface area contributed by atoms with E-state index in [0.717, 1.165) is 34.3 Å². The lowest BCUT2D eigenvalue weighted by atomic mass is 10.1. The van der Waals surface area contributed by atoms with Crippen molar-refractivity contribution in [2.75, 3.05) is 5.32 Å². The smallest absolute Gasteiger partial charge is 0.227 e. The van der Waals surface area contributed by atoms with Gasteiger partial charge in [-0.2, -0.15) is 0 Å². The van der Waals surface area contributed by atoms with Crippen LogP contribution in [0.2, 0.25) is 0 Å². The topological polar surface area (TPSA) is 67.2 Å². The van der Waals surface area contributed by atoms with E-state index in [2.05, 4.69) is 47.7 Å². The number of fused-ring (bicyclic) bond motifs is 1. The van der Waals surface area contributed by atoms with Gasteiger partial charge in [0.05, 0.1) is 0 Å². The minimum atomic E-state index is -0.0929. The predicted octanol–water partition coefficient (Wildman–Crippen LogP) is 4.72. The lowest BCUT2D eigenvalue weighted by Crippen LogP contribution is -2.33. The highest BCUT2D eigenvalue weighted by atomic mass is 32.1. The second-order valence-corrected chi connectivity index (χ2v) is 6.74. The largest absolute Gasteiger partial charge is 0.436 e. The number of oxazole rings is 1. The average Bonchev–Trinajstić information content (AvgIpc) is 2.97. The first kappa shape index (κ1) is 18.1. The molecule has 3 rings (SSSR count). The van der Waals surface area contributed by atoms with E-state index in [9.17, 15) is 4.79 Å². The fourth-order valence-corrected chi connectivity index (χ4v) is 3.04. The van der Waals surface area contributed by atoms with Gasteiger partial charge in [0.2, 0.25) is 11.8 Å². The molecular weight excluding hydrogens is 346 g/mol. The van der Waals surface area contributed by atoms with Crippen LogP contribution >= 0.6 is 12.2 Å². The van der Waals surface area contributed by atoms with Gasteiger partial charge in [0, 0.05) is 17.7 Å². The molecule has 0 fully saturated rings. The van der Waals surface area contributed by atoms with Crippen LogP contribution in [0.3, 0.4) is 0 Å². The van der Waals surface area contributed by atoms with Gasteiger partial charge in [-0.05, 0) is 62.8 Å². The highest BCUT2D eigenvalue weighted by Crippen LogP contribution is 2.27. The first-order valence-electron chi connectivity index (χ1n) is 8.54. The molecule has 2 aromatic carbocycles. The molecule has 6 heteroatoms. The number of aryl methyl sites for hydroxylation is 2. The summed E-state index contributed by atoms with van der Waals surface area (Å²) in [4.78, 5) is 16.2. The van der Waals surface area contributed by atoms with Crippen molar-refractivity contribution in [3.63, 3.8) is 0 Å². The van der Waals surface area contributed by atoms with Crippen LogP contribution in [0.1, 0.15) is 30.9 Å². The summed E-state index contributed by atoms with van der Waals surface area (Å²) >= 11 is 5.17. The first-order valence-corrected chi connectivity index (χ1v) is 8.95. The number of benzene rings is 2. The zero-order chi connectivity index (χ0) is 18.7. The molecule has 3 aromatic rings. The van der Waals surface area contributed by atoms with Gasteiger partial charge < -0.3 is 15.1 Å². The van der Waals surface area contributed by atoms with Crippen LogP contribution in [0.4, 0.5) is 5.69 Å². The van der Waals surface area contributed by atoms with Crippen molar-refractivity contribution in [3.05, 3.63) is 47.5 Å². The van der Waals surface area contributed by atoms with E-state index in [1.54, 1.807) is 0 Å². The minimum Gasteiger partial charge on any atom is -0.436 e. The van der Waals surface area contributed by atoms with Crippen molar-refractivity contribution in [3.8, 4) is 11.5 Å². The average molecular weight is 367 g/mol. The van der Waals surface area contributed by atoms with Crippen LogP contribution in [-0.2, 0) is 4.79 Å². The Kier molecular flexibility index (Phi) is 5.32. The molecule has 0 atom stereocenters. The number of carbonyl (C=O) groups excluding carboxylic acids is 1. The lowest BCUT2D eigenvalue weighted by molar-refractivity contribution is -0.119. The highest BCUT2D eigenvalue weighted by molar-refractivity contribution is 7.80. The van der Waals surface area contributed by atoms with Crippen LogP contribution in [-0.4, -0.2) is 16.0 Å². The number of hydrogen-bond acceptors (Lipinski definition) is 4. The summed E-state index contributed by atoms with van der Waals surface area (Å²) in [6, 6.07) is 11.8. The van der Waals surface area contributed by atoms with E-state index in [1.807, 2.05) is 25.1 Å². The Morgan fingerprint density at radius 1 is 1.15 bits per heavy atom. The van der Waals surface area contributed by atoms with Gasteiger partial charge in [-0.3, -0.25) is 4.79 Å².